The molecule has 0 spiro atoms. The highest BCUT2D eigenvalue weighted by Gasteiger charge is 2.31. The average molecular weight is 469 g/mol. The zero-order valence-corrected chi connectivity index (χ0v) is 19.3. The topological polar surface area (TPSA) is 128 Å². The van der Waals surface area contributed by atoms with Crippen LogP contribution in [0.5, 0.6) is 0 Å². The molecule has 3 N–H and O–H groups in total. The van der Waals surface area contributed by atoms with Crippen LogP contribution >= 0.6 is 0 Å². The number of rotatable bonds is 7. The van der Waals surface area contributed by atoms with E-state index in [1.165, 1.54) is 0 Å². The number of benzene rings is 1. The molecule has 1 aliphatic carbocycles. The lowest BCUT2D eigenvalue weighted by Crippen LogP contribution is -2.33. The number of nitrogens with zero attached hydrogens (tertiary/aromatic N) is 2. The predicted octanol–water partition coefficient (Wildman–Crippen LogP) is 3.16. The van der Waals surface area contributed by atoms with Crippen LogP contribution < -0.4 is 11.1 Å². The van der Waals surface area contributed by atoms with Crippen molar-refractivity contribution in [3.8, 4) is 11.5 Å². The molecule has 8 nitrogen and oxygen atoms in total. The lowest BCUT2D eigenvalue weighted by Gasteiger charge is -2.25. The number of hydrogen-bond acceptors (Lipinski definition) is 7. The van der Waals surface area contributed by atoms with E-state index in [2.05, 4.69) is 15.3 Å². The molecule has 33 heavy (non-hydrogen) atoms. The van der Waals surface area contributed by atoms with Gasteiger partial charge in [0.25, 0.3) is 5.91 Å². The number of carbonyl (C=O) groups is 1. The minimum absolute atomic E-state index is 0.0947. The first kappa shape index (κ1) is 23.1. The standard InChI is InChI=1S/C24H28N4O4S/c1-16-22(15-33(30,31)21-10-8-20(25)9-11-21)28-24(32-16)19-6-4-18(5-7-19)23(29)27-14-17-3-2-12-26-13-17/h2-7,12-13,20-21H,8-11,14-15,25H2,1H3,(H,27,29)/t20-,21-. The first-order chi connectivity index (χ1) is 15.8. The molecule has 2 heterocycles. The van der Waals surface area contributed by atoms with Crippen molar-refractivity contribution in [2.24, 2.45) is 5.73 Å². The summed E-state index contributed by atoms with van der Waals surface area (Å²) in [5.41, 5.74) is 8.43. The van der Waals surface area contributed by atoms with E-state index in [4.69, 9.17) is 10.2 Å². The van der Waals surface area contributed by atoms with E-state index in [-0.39, 0.29) is 23.0 Å². The molecule has 1 aliphatic rings. The molecule has 0 atom stereocenters. The fourth-order valence-electron chi connectivity index (χ4n) is 3.99. The summed E-state index contributed by atoms with van der Waals surface area (Å²) >= 11 is 0. The second-order valence-corrected chi connectivity index (χ2v) is 10.8. The van der Waals surface area contributed by atoms with E-state index in [1.807, 2.05) is 12.1 Å². The average Bonchev–Trinajstić information content (AvgIpc) is 3.18. The van der Waals surface area contributed by atoms with Gasteiger partial charge in [0, 0.05) is 36.1 Å². The number of carbonyl (C=O) groups excluding carboxylic acids is 1. The smallest absolute Gasteiger partial charge is 0.251 e. The number of aryl methyl sites for hydroxylation is 1. The molecule has 0 saturated heterocycles. The quantitative estimate of drug-likeness (QED) is 0.545. The largest absolute Gasteiger partial charge is 0.441 e. The Bertz CT molecular complexity index is 1200. The van der Waals surface area contributed by atoms with Gasteiger partial charge in [0.15, 0.2) is 9.84 Å². The summed E-state index contributed by atoms with van der Waals surface area (Å²) in [6.45, 7) is 2.11. The predicted molar refractivity (Wildman–Crippen MR) is 125 cm³/mol. The van der Waals surface area contributed by atoms with Crippen LogP contribution in [0.15, 0.2) is 53.2 Å². The van der Waals surface area contributed by atoms with Gasteiger partial charge in [-0.1, -0.05) is 6.07 Å². The van der Waals surface area contributed by atoms with Crippen molar-refractivity contribution >= 4 is 15.7 Å². The van der Waals surface area contributed by atoms with Gasteiger partial charge in [-0.3, -0.25) is 9.78 Å². The number of oxazole rings is 1. The number of aromatic nitrogens is 2. The molecule has 174 valence electrons. The van der Waals surface area contributed by atoms with Gasteiger partial charge in [0.1, 0.15) is 5.76 Å². The van der Waals surface area contributed by atoms with Crippen molar-refractivity contribution in [1.82, 2.24) is 15.3 Å². The highest BCUT2D eigenvalue weighted by molar-refractivity contribution is 7.91. The fourth-order valence-corrected chi connectivity index (χ4v) is 5.87. The van der Waals surface area contributed by atoms with Crippen molar-refractivity contribution in [2.45, 2.75) is 56.2 Å². The number of nitrogens with two attached hydrogens (primary N) is 1. The van der Waals surface area contributed by atoms with Crippen molar-refractivity contribution in [3.05, 3.63) is 71.4 Å². The number of hydrogen-bond donors (Lipinski definition) is 2. The van der Waals surface area contributed by atoms with Crippen LogP contribution in [0, 0.1) is 6.92 Å². The van der Waals surface area contributed by atoms with Gasteiger partial charge in [0.2, 0.25) is 5.89 Å². The lowest BCUT2D eigenvalue weighted by molar-refractivity contribution is 0.0951. The Hall–Kier alpha value is -3.04. The van der Waals surface area contributed by atoms with E-state index < -0.39 is 9.84 Å². The summed E-state index contributed by atoms with van der Waals surface area (Å²) in [6, 6.07) is 10.7. The van der Waals surface area contributed by atoms with Crippen LogP contribution in [0.2, 0.25) is 0 Å². The monoisotopic (exact) mass is 468 g/mol. The van der Waals surface area contributed by atoms with Crippen LogP contribution in [0.4, 0.5) is 0 Å². The number of pyridine rings is 1. The van der Waals surface area contributed by atoms with Gasteiger partial charge in [-0.25, -0.2) is 13.4 Å². The molecule has 1 fully saturated rings. The van der Waals surface area contributed by atoms with Crippen molar-refractivity contribution in [1.29, 1.82) is 0 Å². The van der Waals surface area contributed by atoms with Gasteiger partial charge in [-0.05, 0) is 68.5 Å². The summed E-state index contributed by atoms with van der Waals surface area (Å²) in [7, 11) is -3.33. The van der Waals surface area contributed by atoms with Crippen LogP contribution in [-0.2, 0) is 22.1 Å². The van der Waals surface area contributed by atoms with Crippen LogP contribution in [0.3, 0.4) is 0 Å². The van der Waals surface area contributed by atoms with Gasteiger partial charge >= 0.3 is 0 Å². The number of sulfone groups is 1. The summed E-state index contributed by atoms with van der Waals surface area (Å²) in [4.78, 5) is 20.9. The molecule has 1 aromatic carbocycles. The highest BCUT2D eigenvalue weighted by atomic mass is 32.2. The molecule has 1 saturated carbocycles. The van der Waals surface area contributed by atoms with Gasteiger partial charge in [0.05, 0.1) is 16.7 Å². The SMILES string of the molecule is Cc1oc(-c2ccc(C(=O)NCc3cccnc3)cc2)nc1CS(=O)(=O)[C@H]1CC[C@H](N)CC1. The normalized spacial score (nSPS) is 18.7. The maximum atomic E-state index is 12.9. The maximum absolute atomic E-state index is 12.9. The molecule has 9 heteroatoms. The third-order valence-corrected chi connectivity index (χ3v) is 8.19. The van der Waals surface area contributed by atoms with Crippen LogP contribution in [0.1, 0.15) is 53.1 Å². The van der Waals surface area contributed by atoms with E-state index >= 15 is 0 Å². The first-order valence-electron chi connectivity index (χ1n) is 11.0. The number of amides is 1. The number of nitrogens with one attached hydrogen (secondary N) is 1. The van der Waals surface area contributed by atoms with Gasteiger partial charge < -0.3 is 15.5 Å². The minimum atomic E-state index is -3.33. The highest BCUT2D eigenvalue weighted by Crippen LogP contribution is 2.28. The second-order valence-electron chi connectivity index (χ2n) is 8.49. The fraction of sp³-hybridized carbons (Fsp3) is 0.375. The van der Waals surface area contributed by atoms with Crippen molar-refractivity contribution in [2.75, 3.05) is 0 Å². The van der Waals surface area contributed by atoms with Crippen molar-refractivity contribution < 1.29 is 17.6 Å². The molecule has 0 bridgehead atoms. The Kier molecular flexibility index (Phi) is 6.90. The maximum Gasteiger partial charge on any atom is 0.251 e. The zero-order valence-electron chi connectivity index (χ0n) is 18.5. The van der Waals surface area contributed by atoms with E-state index in [9.17, 15) is 13.2 Å². The molecule has 4 rings (SSSR count). The zero-order chi connectivity index (χ0) is 23.4. The first-order valence-corrected chi connectivity index (χ1v) is 12.7. The van der Waals surface area contributed by atoms with Crippen LogP contribution in [0.25, 0.3) is 11.5 Å². The second kappa shape index (κ2) is 9.84. The molecule has 0 radical (unpaired) electrons. The van der Waals surface area contributed by atoms with E-state index in [0.717, 1.165) is 18.4 Å². The third-order valence-electron chi connectivity index (χ3n) is 6.03. The molecule has 1 amide bonds. The van der Waals surface area contributed by atoms with E-state index in [1.54, 1.807) is 43.6 Å². The summed E-state index contributed by atoms with van der Waals surface area (Å²) < 4.78 is 31.5. The van der Waals surface area contributed by atoms with Gasteiger partial charge in [-0.2, -0.15) is 0 Å². The minimum Gasteiger partial charge on any atom is -0.441 e. The summed E-state index contributed by atoms with van der Waals surface area (Å²) in [6.07, 6.45) is 6.04. The summed E-state index contributed by atoms with van der Waals surface area (Å²) in [5.74, 6) is 0.481. The molecule has 3 aromatic rings. The van der Waals surface area contributed by atoms with E-state index in [0.29, 0.717) is 47.9 Å². The Labute approximate surface area is 193 Å². The Morgan fingerprint density at radius 3 is 2.55 bits per heavy atom. The Morgan fingerprint density at radius 1 is 1.15 bits per heavy atom. The Morgan fingerprint density at radius 2 is 1.88 bits per heavy atom. The lowest BCUT2D eigenvalue weighted by atomic mass is 9.96. The molecular formula is C24H28N4O4S. The molecule has 0 aliphatic heterocycles. The molecule has 2 aromatic heterocycles. The van der Waals surface area contributed by atoms with Gasteiger partial charge in [-0.15, -0.1) is 0 Å². The summed E-state index contributed by atoms with van der Waals surface area (Å²) in [5, 5.41) is 2.48. The van der Waals surface area contributed by atoms with Crippen LogP contribution in [-0.4, -0.2) is 35.6 Å². The molecular weight excluding hydrogens is 440 g/mol. The Balaban J connectivity index is 1.41. The molecule has 0 unspecified atom stereocenters. The van der Waals surface area contributed by atoms with Crippen molar-refractivity contribution in [3.63, 3.8) is 0 Å². The third kappa shape index (κ3) is 5.66.